The van der Waals surface area contributed by atoms with E-state index in [1.54, 1.807) is 35.2 Å². The van der Waals surface area contributed by atoms with Crippen molar-refractivity contribution >= 4 is 17.5 Å². The summed E-state index contributed by atoms with van der Waals surface area (Å²) in [5.41, 5.74) is 7.50. The minimum absolute atomic E-state index is 0.0640. The van der Waals surface area contributed by atoms with E-state index in [1.807, 2.05) is 24.3 Å². The van der Waals surface area contributed by atoms with Gasteiger partial charge in [0.2, 0.25) is 0 Å². The molecule has 1 aliphatic rings. The van der Waals surface area contributed by atoms with Gasteiger partial charge in [0.15, 0.2) is 0 Å². The first-order valence-electron chi connectivity index (χ1n) is 8.15. The summed E-state index contributed by atoms with van der Waals surface area (Å²) in [6.45, 7) is 1.31. The number of likely N-dealkylation sites (tertiary alicyclic amines) is 1. The molecule has 0 aromatic heterocycles. The Morgan fingerprint density at radius 3 is 2.29 bits per heavy atom. The van der Waals surface area contributed by atoms with Gasteiger partial charge in [0.25, 0.3) is 11.8 Å². The first-order valence-corrected chi connectivity index (χ1v) is 8.15. The Morgan fingerprint density at radius 2 is 1.58 bits per heavy atom. The lowest BCUT2D eigenvalue weighted by molar-refractivity contribution is 0.0716. The van der Waals surface area contributed by atoms with Crippen molar-refractivity contribution in [1.29, 1.82) is 0 Å². The minimum atomic E-state index is -0.225. The van der Waals surface area contributed by atoms with Crippen molar-refractivity contribution in [3.63, 3.8) is 0 Å². The van der Waals surface area contributed by atoms with Crippen LogP contribution in [0.2, 0.25) is 0 Å². The maximum atomic E-state index is 12.8. The van der Waals surface area contributed by atoms with Gasteiger partial charge in [-0.3, -0.25) is 9.59 Å². The van der Waals surface area contributed by atoms with Gasteiger partial charge in [-0.15, -0.1) is 0 Å². The van der Waals surface area contributed by atoms with Crippen molar-refractivity contribution in [2.75, 3.05) is 18.4 Å². The van der Waals surface area contributed by atoms with Crippen LogP contribution in [-0.4, -0.2) is 35.8 Å². The quantitative estimate of drug-likeness (QED) is 0.911. The smallest absolute Gasteiger partial charge is 0.255 e. The molecule has 0 spiro atoms. The number of benzene rings is 2. The van der Waals surface area contributed by atoms with Crippen molar-refractivity contribution in [3.8, 4) is 0 Å². The number of hydrogen-bond acceptors (Lipinski definition) is 3. The molecule has 5 heteroatoms. The lowest BCUT2D eigenvalue weighted by atomic mass is 10.0. The van der Waals surface area contributed by atoms with Crippen molar-refractivity contribution in [3.05, 3.63) is 65.7 Å². The van der Waals surface area contributed by atoms with Gasteiger partial charge in [-0.05, 0) is 37.1 Å². The first kappa shape index (κ1) is 16.2. The van der Waals surface area contributed by atoms with Gasteiger partial charge in [-0.2, -0.15) is 0 Å². The molecular formula is C19H21N3O2. The second kappa shape index (κ2) is 7.27. The Bertz CT molecular complexity index is 722. The molecule has 1 aliphatic heterocycles. The SMILES string of the molecule is NC1CCN(C(=O)c2ccccc2NC(=O)c2ccccc2)CC1. The number of nitrogens with zero attached hydrogens (tertiary/aromatic N) is 1. The van der Waals surface area contributed by atoms with E-state index in [9.17, 15) is 9.59 Å². The third-order valence-corrected chi connectivity index (χ3v) is 4.27. The molecule has 5 nitrogen and oxygen atoms in total. The number of carbonyl (C=O) groups excluding carboxylic acids is 2. The summed E-state index contributed by atoms with van der Waals surface area (Å²) in [6, 6.07) is 16.2. The number of anilines is 1. The second-order valence-electron chi connectivity index (χ2n) is 6.00. The van der Waals surface area contributed by atoms with E-state index < -0.39 is 0 Å². The van der Waals surface area contributed by atoms with Crippen LogP contribution in [0.1, 0.15) is 33.6 Å². The van der Waals surface area contributed by atoms with Gasteiger partial charge < -0.3 is 16.0 Å². The van der Waals surface area contributed by atoms with Gasteiger partial charge >= 0.3 is 0 Å². The number of amides is 2. The van der Waals surface area contributed by atoms with Crippen LogP contribution in [0.25, 0.3) is 0 Å². The summed E-state index contributed by atoms with van der Waals surface area (Å²) < 4.78 is 0. The fraction of sp³-hybridized carbons (Fsp3) is 0.263. The van der Waals surface area contributed by atoms with Crippen molar-refractivity contribution in [1.82, 2.24) is 4.90 Å². The van der Waals surface area contributed by atoms with Crippen molar-refractivity contribution < 1.29 is 9.59 Å². The van der Waals surface area contributed by atoms with E-state index >= 15 is 0 Å². The molecule has 3 N–H and O–H groups in total. The molecule has 0 saturated carbocycles. The maximum absolute atomic E-state index is 12.8. The fourth-order valence-electron chi connectivity index (χ4n) is 2.84. The molecule has 1 heterocycles. The van der Waals surface area contributed by atoms with Crippen LogP contribution in [0.15, 0.2) is 54.6 Å². The van der Waals surface area contributed by atoms with E-state index in [1.165, 1.54) is 0 Å². The van der Waals surface area contributed by atoms with E-state index in [4.69, 9.17) is 5.73 Å². The normalized spacial score (nSPS) is 15.1. The van der Waals surface area contributed by atoms with Crippen LogP contribution in [0.3, 0.4) is 0 Å². The van der Waals surface area contributed by atoms with Gasteiger partial charge in [-0.25, -0.2) is 0 Å². The molecule has 2 amide bonds. The highest BCUT2D eigenvalue weighted by molar-refractivity contribution is 6.09. The molecule has 1 fully saturated rings. The molecule has 0 aliphatic carbocycles. The molecule has 24 heavy (non-hydrogen) atoms. The first-order chi connectivity index (χ1) is 11.6. The summed E-state index contributed by atoms with van der Waals surface area (Å²) in [7, 11) is 0. The summed E-state index contributed by atoms with van der Waals surface area (Å²) in [6.07, 6.45) is 1.62. The molecule has 0 bridgehead atoms. The Balaban J connectivity index is 1.78. The Morgan fingerprint density at radius 1 is 0.958 bits per heavy atom. The molecule has 1 saturated heterocycles. The third kappa shape index (κ3) is 3.63. The van der Waals surface area contributed by atoms with Crippen LogP contribution >= 0.6 is 0 Å². The Labute approximate surface area is 141 Å². The maximum Gasteiger partial charge on any atom is 0.255 e. The topological polar surface area (TPSA) is 75.4 Å². The average Bonchev–Trinajstić information content (AvgIpc) is 2.63. The predicted octanol–water partition coefficient (Wildman–Crippen LogP) is 2.50. The standard InChI is InChI=1S/C19H21N3O2/c20-15-10-12-22(13-11-15)19(24)16-8-4-5-9-17(16)21-18(23)14-6-2-1-3-7-14/h1-9,15H,10-13,20H2,(H,21,23). The summed E-state index contributed by atoms with van der Waals surface area (Å²) in [4.78, 5) is 26.9. The summed E-state index contributed by atoms with van der Waals surface area (Å²) >= 11 is 0. The van der Waals surface area contributed by atoms with Gasteiger partial charge in [-0.1, -0.05) is 30.3 Å². The fourth-order valence-corrected chi connectivity index (χ4v) is 2.84. The molecule has 0 radical (unpaired) electrons. The van der Waals surface area contributed by atoms with Gasteiger partial charge in [0.1, 0.15) is 0 Å². The van der Waals surface area contributed by atoms with Gasteiger partial charge in [0.05, 0.1) is 11.3 Å². The highest BCUT2D eigenvalue weighted by Crippen LogP contribution is 2.20. The van der Waals surface area contributed by atoms with Crippen LogP contribution < -0.4 is 11.1 Å². The number of para-hydroxylation sites is 1. The Kier molecular flexibility index (Phi) is 4.91. The van der Waals surface area contributed by atoms with Crippen LogP contribution in [0.4, 0.5) is 5.69 Å². The van der Waals surface area contributed by atoms with E-state index in [2.05, 4.69) is 5.32 Å². The highest BCUT2D eigenvalue weighted by Gasteiger charge is 2.23. The van der Waals surface area contributed by atoms with E-state index in [-0.39, 0.29) is 17.9 Å². The van der Waals surface area contributed by atoms with Crippen molar-refractivity contribution in [2.24, 2.45) is 5.73 Å². The molecule has 2 aromatic carbocycles. The molecular weight excluding hydrogens is 302 g/mol. The van der Waals surface area contributed by atoms with Crippen LogP contribution in [0, 0.1) is 0 Å². The molecule has 0 unspecified atom stereocenters. The lowest BCUT2D eigenvalue weighted by Gasteiger charge is -2.30. The van der Waals surface area contributed by atoms with Crippen LogP contribution in [-0.2, 0) is 0 Å². The average molecular weight is 323 g/mol. The monoisotopic (exact) mass is 323 g/mol. The zero-order valence-electron chi connectivity index (χ0n) is 13.4. The molecule has 124 valence electrons. The van der Waals surface area contributed by atoms with Gasteiger partial charge in [0, 0.05) is 24.7 Å². The minimum Gasteiger partial charge on any atom is -0.338 e. The number of rotatable bonds is 3. The van der Waals surface area contributed by atoms with E-state index in [0.29, 0.717) is 29.9 Å². The van der Waals surface area contributed by atoms with Crippen LogP contribution in [0.5, 0.6) is 0 Å². The van der Waals surface area contributed by atoms with E-state index in [0.717, 1.165) is 12.8 Å². The Hall–Kier alpha value is -2.66. The number of carbonyl (C=O) groups is 2. The predicted molar refractivity (Wildman–Crippen MR) is 94.0 cm³/mol. The zero-order valence-corrected chi connectivity index (χ0v) is 13.4. The zero-order chi connectivity index (χ0) is 16.9. The van der Waals surface area contributed by atoms with Crippen molar-refractivity contribution in [2.45, 2.75) is 18.9 Å². The highest BCUT2D eigenvalue weighted by atomic mass is 16.2. The molecule has 2 aromatic rings. The molecule has 3 rings (SSSR count). The largest absolute Gasteiger partial charge is 0.338 e. The third-order valence-electron chi connectivity index (χ3n) is 4.27. The number of nitrogens with one attached hydrogen (secondary N) is 1. The second-order valence-corrected chi connectivity index (χ2v) is 6.00. The summed E-state index contributed by atoms with van der Waals surface area (Å²) in [5, 5.41) is 2.84. The number of piperidine rings is 1. The lowest BCUT2D eigenvalue weighted by Crippen LogP contribution is -2.43. The number of hydrogen-bond donors (Lipinski definition) is 2. The number of nitrogens with two attached hydrogens (primary N) is 1. The molecule has 0 atom stereocenters. The summed E-state index contributed by atoms with van der Waals surface area (Å²) in [5.74, 6) is -0.289.